The van der Waals surface area contributed by atoms with Crippen molar-refractivity contribution >= 4 is 33.2 Å². The Labute approximate surface area is 219 Å². The van der Waals surface area contributed by atoms with Gasteiger partial charge in [-0.15, -0.1) is 0 Å². The summed E-state index contributed by atoms with van der Waals surface area (Å²) in [5.41, 5.74) is 4.19. The Hall–Kier alpha value is -3.19. The van der Waals surface area contributed by atoms with Gasteiger partial charge in [-0.05, 0) is 62.2 Å². The third-order valence-electron chi connectivity index (χ3n) is 7.06. The molecule has 2 aromatic carbocycles. The Morgan fingerprint density at radius 2 is 1.83 bits per heavy atom. The average molecular weight is 549 g/mol. The number of aromatic nitrogens is 2. The molecule has 36 heavy (non-hydrogen) atoms. The summed E-state index contributed by atoms with van der Waals surface area (Å²) in [6, 6.07) is 16.2. The number of halogens is 1. The maximum Gasteiger partial charge on any atom is 0.259 e. The van der Waals surface area contributed by atoms with Crippen LogP contribution in [0.5, 0.6) is 0 Å². The molecule has 1 amide bonds. The molecular weight excluding hydrogens is 520 g/mol. The van der Waals surface area contributed by atoms with Gasteiger partial charge in [0.05, 0.1) is 34.4 Å². The Balaban J connectivity index is 1.26. The number of amides is 1. The highest BCUT2D eigenvalue weighted by Crippen LogP contribution is 2.27. The maximum atomic E-state index is 13.0. The molecule has 3 aromatic rings. The summed E-state index contributed by atoms with van der Waals surface area (Å²) in [4.78, 5) is 17.8. The Bertz CT molecular complexity index is 1270. The van der Waals surface area contributed by atoms with Gasteiger partial charge in [0.25, 0.3) is 5.91 Å². The van der Waals surface area contributed by atoms with Gasteiger partial charge < -0.3 is 15.0 Å². The van der Waals surface area contributed by atoms with E-state index in [1.165, 1.54) is 0 Å². The summed E-state index contributed by atoms with van der Waals surface area (Å²) >= 11 is 3.44. The minimum Gasteiger partial charge on any atom is -0.381 e. The number of nitrogens with one attached hydrogen (secondary N) is 1. The lowest BCUT2D eigenvalue weighted by Gasteiger charge is -2.41. The third-order valence-corrected chi connectivity index (χ3v) is 7.59. The molecule has 1 N–H and O–H groups in total. The smallest absolute Gasteiger partial charge is 0.259 e. The van der Waals surface area contributed by atoms with Crippen molar-refractivity contribution in [2.24, 2.45) is 0 Å². The van der Waals surface area contributed by atoms with Crippen molar-refractivity contribution in [3.05, 3.63) is 70.0 Å². The van der Waals surface area contributed by atoms with E-state index in [-0.39, 0.29) is 5.91 Å². The molecule has 2 fully saturated rings. The van der Waals surface area contributed by atoms with Crippen LogP contribution in [-0.2, 0) is 4.74 Å². The van der Waals surface area contributed by atoms with E-state index in [2.05, 4.69) is 42.2 Å². The van der Waals surface area contributed by atoms with Gasteiger partial charge in [0.15, 0.2) is 0 Å². The Morgan fingerprint density at radius 3 is 2.53 bits per heavy atom. The van der Waals surface area contributed by atoms with Gasteiger partial charge in [0.1, 0.15) is 6.07 Å². The molecule has 1 aromatic heterocycles. The zero-order valence-electron chi connectivity index (χ0n) is 20.3. The molecule has 186 valence electrons. The minimum absolute atomic E-state index is 0.252. The molecule has 0 atom stereocenters. The first-order valence-electron chi connectivity index (χ1n) is 12.3. The quantitative estimate of drug-likeness (QED) is 0.509. The number of anilines is 2. The molecule has 0 bridgehead atoms. The third kappa shape index (κ3) is 5.16. The Kier molecular flexibility index (Phi) is 7.37. The maximum absolute atomic E-state index is 13.0. The van der Waals surface area contributed by atoms with E-state index >= 15 is 0 Å². The molecule has 2 saturated heterocycles. The van der Waals surface area contributed by atoms with E-state index in [9.17, 15) is 10.1 Å². The van der Waals surface area contributed by atoms with Crippen LogP contribution in [0.25, 0.3) is 5.69 Å². The van der Waals surface area contributed by atoms with E-state index in [1.54, 1.807) is 16.9 Å². The second kappa shape index (κ2) is 10.8. The number of nitrogens with zero attached hydrogens (tertiary/aromatic N) is 5. The molecule has 2 aliphatic heterocycles. The minimum atomic E-state index is -0.252. The van der Waals surface area contributed by atoms with Gasteiger partial charge in [-0.2, -0.15) is 10.4 Å². The van der Waals surface area contributed by atoms with Crippen LogP contribution in [-0.4, -0.2) is 66.0 Å². The first-order chi connectivity index (χ1) is 17.5. The standard InChI is InChI=1S/C27H29BrN6O2/c1-19-25(18-30-34(19)24-5-2-21(28)3-6-24)27(35)31-22-4-7-26(20(16-22)17-29)33-12-10-32(11-13-33)23-8-14-36-15-9-23/h2-7,16,18,23H,8-15H2,1H3,(H,31,35). The second-order valence-corrected chi connectivity index (χ2v) is 10.1. The molecule has 9 heteroatoms. The molecule has 3 heterocycles. The summed E-state index contributed by atoms with van der Waals surface area (Å²) in [7, 11) is 0. The number of hydrogen-bond acceptors (Lipinski definition) is 6. The molecule has 0 saturated carbocycles. The highest BCUT2D eigenvalue weighted by Gasteiger charge is 2.26. The van der Waals surface area contributed by atoms with Crippen molar-refractivity contribution < 1.29 is 9.53 Å². The van der Waals surface area contributed by atoms with E-state index in [4.69, 9.17) is 4.74 Å². The van der Waals surface area contributed by atoms with Gasteiger partial charge in [-0.25, -0.2) is 4.68 Å². The first kappa shape index (κ1) is 24.5. The normalized spacial score (nSPS) is 17.1. The van der Waals surface area contributed by atoms with Gasteiger partial charge >= 0.3 is 0 Å². The molecule has 8 nitrogen and oxygen atoms in total. The zero-order chi connectivity index (χ0) is 25.1. The number of hydrogen-bond donors (Lipinski definition) is 1. The molecule has 5 rings (SSSR count). The van der Waals surface area contributed by atoms with Crippen LogP contribution in [0.1, 0.15) is 34.5 Å². The average Bonchev–Trinajstić information content (AvgIpc) is 3.31. The first-order valence-corrected chi connectivity index (χ1v) is 13.1. The lowest BCUT2D eigenvalue weighted by molar-refractivity contribution is 0.0321. The van der Waals surface area contributed by atoms with Crippen LogP contribution >= 0.6 is 15.9 Å². The van der Waals surface area contributed by atoms with Gasteiger partial charge in [-0.1, -0.05) is 15.9 Å². The lowest BCUT2D eigenvalue weighted by atomic mass is 10.1. The van der Waals surface area contributed by atoms with Crippen molar-refractivity contribution in [2.75, 3.05) is 49.6 Å². The highest BCUT2D eigenvalue weighted by atomic mass is 79.9. The van der Waals surface area contributed by atoms with Gasteiger partial charge in [0, 0.05) is 55.6 Å². The SMILES string of the molecule is Cc1c(C(=O)Nc2ccc(N3CCN(C4CCOCC4)CC3)c(C#N)c2)cnn1-c1ccc(Br)cc1. The summed E-state index contributed by atoms with van der Waals surface area (Å²) < 4.78 is 8.22. The topological polar surface area (TPSA) is 86.4 Å². The van der Waals surface area contributed by atoms with Crippen LogP contribution < -0.4 is 10.2 Å². The van der Waals surface area contributed by atoms with E-state index in [1.807, 2.05) is 43.3 Å². The number of piperazine rings is 1. The summed E-state index contributed by atoms with van der Waals surface area (Å²) in [6.45, 7) is 7.29. The zero-order valence-corrected chi connectivity index (χ0v) is 21.9. The Morgan fingerprint density at radius 1 is 1.11 bits per heavy atom. The van der Waals surface area contributed by atoms with Crippen LogP contribution in [0, 0.1) is 18.3 Å². The van der Waals surface area contributed by atoms with Crippen molar-refractivity contribution in [3.63, 3.8) is 0 Å². The van der Waals surface area contributed by atoms with Crippen molar-refractivity contribution in [2.45, 2.75) is 25.8 Å². The number of benzene rings is 2. The molecule has 0 radical (unpaired) electrons. The van der Waals surface area contributed by atoms with Crippen molar-refractivity contribution in [1.29, 1.82) is 5.26 Å². The van der Waals surface area contributed by atoms with E-state index in [0.717, 1.165) is 73.8 Å². The molecule has 0 spiro atoms. The summed E-state index contributed by atoms with van der Waals surface area (Å²) in [6.07, 6.45) is 3.77. The van der Waals surface area contributed by atoms with Gasteiger partial charge in [0.2, 0.25) is 0 Å². The summed E-state index contributed by atoms with van der Waals surface area (Å²) in [5, 5.41) is 17.2. The number of carbonyl (C=O) groups is 1. The predicted octanol–water partition coefficient (Wildman–Crippen LogP) is 4.37. The second-order valence-electron chi connectivity index (χ2n) is 9.20. The fraction of sp³-hybridized carbons (Fsp3) is 0.370. The number of nitriles is 1. The van der Waals surface area contributed by atoms with Crippen LogP contribution in [0.3, 0.4) is 0 Å². The predicted molar refractivity (Wildman–Crippen MR) is 143 cm³/mol. The number of rotatable bonds is 5. The summed E-state index contributed by atoms with van der Waals surface area (Å²) in [5.74, 6) is -0.252. The molecule has 2 aliphatic rings. The highest BCUT2D eigenvalue weighted by molar-refractivity contribution is 9.10. The van der Waals surface area contributed by atoms with E-state index in [0.29, 0.717) is 22.9 Å². The molecular formula is C27H29BrN6O2. The van der Waals surface area contributed by atoms with Crippen molar-refractivity contribution in [3.8, 4) is 11.8 Å². The van der Waals surface area contributed by atoms with Crippen molar-refractivity contribution in [1.82, 2.24) is 14.7 Å². The monoisotopic (exact) mass is 548 g/mol. The lowest BCUT2D eigenvalue weighted by Crippen LogP contribution is -2.51. The fourth-order valence-corrected chi connectivity index (χ4v) is 5.30. The van der Waals surface area contributed by atoms with Gasteiger partial charge in [-0.3, -0.25) is 9.69 Å². The fourth-order valence-electron chi connectivity index (χ4n) is 5.03. The molecule has 0 aliphatic carbocycles. The number of carbonyl (C=O) groups excluding carboxylic acids is 1. The van der Waals surface area contributed by atoms with Crippen LogP contribution in [0.2, 0.25) is 0 Å². The van der Waals surface area contributed by atoms with Crippen LogP contribution in [0.4, 0.5) is 11.4 Å². The largest absolute Gasteiger partial charge is 0.381 e. The number of ether oxygens (including phenoxy) is 1. The van der Waals surface area contributed by atoms with Crippen LogP contribution in [0.15, 0.2) is 53.1 Å². The van der Waals surface area contributed by atoms with E-state index < -0.39 is 0 Å². The molecule has 0 unspecified atom stereocenters.